The number of thiocarbonyl (C=S) groups is 1. The average Bonchev–Trinajstić information content (AvgIpc) is 2.29. The highest BCUT2D eigenvalue weighted by atomic mass is 32.2. The Morgan fingerprint density at radius 3 is 2.50 bits per heavy atom. The van der Waals surface area contributed by atoms with Crippen LogP contribution in [-0.4, -0.2) is 30.3 Å². The molecule has 6 heteroatoms. The molecule has 0 fully saturated rings. The summed E-state index contributed by atoms with van der Waals surface area (Å²) in [6.45, 7) is 5.93. The molecule has 1 aromatic carbocycles. The standard InChI is InChI=1S/C12H18N2O2S2/c1-4-14(9(2)3)18(15,16)11-7-5-6-10(8-11)12(13)17/h5-9H,4H2,1-3H3,(H2,13,17). The fourth-order valence-corrected chi connectivity index (χ4v) is 3.58. The molecule has 0 aliphatic carbocycles. The summed E-state index contributed by atoms with van der Waals surface area (Å²) in [7, 11) is -3.49. The average molecular weight is 286 g/mol. The van der Waals surface area contributed by atoms with Gasteiger partial charge in [0.05, 0.1) is 4.90 Å². The zero-order valence-electron chi connectivity index (χ0n) is 10.8. The van der Waals surface area contributed by atoms with Crippen LogP contribution in [0.3, 0.4) is 0 Å². The molecule has 0 aliphatic rings. The van der Waals surface area contributed by atoms with Crippen LogP contribution in [0.1, 0.15) is 26.3 Å². The molecule has 0 aromatic heterocycles. The van der Waals surface area contributed by atoms with Crippen molar-refractivity contribution in [3.8, 4) is 0 Å². The minimum absolute atomic E-state index is 0.0894. The number of sulfonamides is 1. The van der Waals surface area contributed by atoms with Gasteiger partial charge in [0.25, 0.3) is 0 Å². The lowest BCUT2D eigenvalue weighted by Crippen LogP contribution is -2.36. The Balaban J connectivity index is 3.28. The van der Waals surface area contributed by atoms with Gasteiger partial charge < -0.3 is 5.73 Å². The van der Waals surface area contributed by atoms with Gasteiger partial charge in [-0.05, 0) is 26.0 Å². The van der Waals surface area contributed by atoms with E-state index in [9.17, 15) is 8.42 Å². The summed E-state index contributed by atoms with van der Waals surface area (Å²) < 4.78 is 26.3. The number of hydrogen-bond donors (Lipinski definition) is 1. The Morgan fingerprint density at radius 2 is 2.06 bits per heavy atom. The molecule has 0 heterocycles. The molecule has 0 saturated heterocycles. The second kappa shape index (κ2) is 5.77. The molecule has 0 unspecified atom stereocenters. The van der Waals surface area contributed by atoms with E-state index < -0.39 is 10.0 Å². The van der Waals surface area contributed by atoms with Crippen molar-refractivity contribution in [2.45, 2.75) is 31.7 Å². The van der Waals surface area contributed by atoms with Crippen LogP contribution >= 0.6 is 12.2 Å². The maximum Gasteiger partial charge on any atom is 0.243 e. The first-order valence-corrected chi connectivity index (χ1v) is 7.57. The third kappa shape index (κ3) is 3.07. The summed E-state index contributed by atoms with van der Waals surface area (Å²) in [5.41, 5.74) is 6.08. The lowest BCUT2D eigenvalue weighted by molar-refractivity contribution is 0.369. The summed E-state index contributed by atoms with van der Waals surface area (Å²) in [6, 6.07) is 6.33. The van der Waals surface area contributed by atoms with Gasteiger partial charge in [0.1, 0.15) is 4.99 Å². The van der Waals surface area contributed by atoms with Crippen molar-refractivity contribution >= 4 is 27.2 Å². The Kier molecular flexibility index (Phi) is 4.84. The van der Waals surface area contributed by atoms with Gasteiger partial charge in [-0.1, -0.05) is 31.3 Å². The van der Waals surface area contributed by atoms with Crippen molar-refractivity contribution in [1.82, 2.24) is 4.31 Å². The smallest absolute Gasteiger partial charge is 0.243 e. The lowest BCUT2D eigenvalue weighted by Gasteiger charge is -2.24. The molecule has 0 amide bonds. The summed E-state index contributed by atoms with van der Waals surface area (Å²) in [6.07, 6.45) is 0. The van der Waals surface area contributed by atoms with Crippen LogP contribution in [0, 0.1) is 0 Å². The number of rotatable bonds is 5. The van der Waals surface area contributed by atoms with E-state index in [1.54, 1.807) is 18.2 Å². The highest BCUT2D eigenvalue weighted by Gasteiger charge is 2.25. The molecule has 2 N–H and O–H groups in total. The quantitative estimate of drug-likeness (QED) is 0.838. The zero-order valence-corrected chi connectivity index (χ0v) is 12.4. The lowest BCUT2D eigenvalue weighted by atomic mass is 10.2. The van der Waals surface area contributed by atoms with E-state index in [0.717, 1.165) is 0 Å². The number of hydrogen-bond acceptors (Lipinski definition) is 3. The van der Waals surface area contributed by atoms with Gasteiger partial charge in [-0.2, -0.15) is 4.31 Å². The Labute approximate surface area is 114 Å². The van der Waals surface area contributed by atoms with Crippen LogP contribution in [0.2, 0.25) is 0 Å². The molecular formula is C12H18N2O2S2. The minimum Gasteiger partial charge on any atom is -0.389 e. The van der Waals surface area contributed by atoms with Crippen molar-refractivity contribution in [2.24, 2.45) is 5.73 Å². The van der Waals surface area contributed by atoms with Crippen molar-refractivity contribution in [3.05, 3.63) is 29.8 Å². The maximum absolute atomic E-state index is 12.4. The van der Waals surface area contributed by atoms with Gasteiger partial charge in [0, 0.05) is 18.2 Å². The molecule has 0 aliphatic heterocycles. The predicted molar refractivity (Wildman–Crippen MR) is 77.0 cm³/mol. The zero-order chi connectivity index (χ0) is 13.9. The largest absolute Gasteiger partial charge is 0.389 e. The molecular weight excluding hydrogens is 268 g/mol. The molecule has 0 bridgehead atoms. The summed E-state index contributed by atoms with van der Waals surface area (Å²) in [4.78, 5) is 0.419. The first-order chi connectivity index (χ1) is 8.30. The third-order valence-electron chi connectivity index (χ3n) is 2.61. The number of nitrogens with zero attached hydrogens (tertiary/aromatic N) is 1. The number of nitrogens with two attached hydrogens (primary N) is 1. The second-order valence-corrected chi connectivity index (χ2v) is 6.52. The Bertz CT molecular complexity index is 539. The van der Waals surface area contributed by atoms with Crippen molar-refractivity contribution in [3.63, 3.8) is 0 Å². The molecule has 0 atom stereocenters. The Hall–Kier alpha value is -0.980. The van der Waals surface area contributed by atoms with Gasteiger partial charge in [-0.3, -0.25) is 0 Å². The SMILES string of the molecule is CCN(C(C)C)S(=O)(=O)c1cccc(C(N)=S)c1. The molecule has 1 aromatic rings. The summed E-state index contributed by atoms with van der Waals surface area (Å²) in [5.74, 6) is 0. The van der Waals surface area contributed by atoms with Crippen molar-refractivity contribution < 1.29 is 8.42 Å². The molecule has 0 radical (unpaired) electrons. The van der Waals surface area contributed by atoms with Crippen molar-refractivity contribution in [2.75, 3.05) is 6.54 Å². The molecule has 100 valence electrons. The molecule has 4 nitrogen and oxygen atoms in total. The highest BCUT2D eigenvalue weighted by molar-refractivity contribution is 7.89. The fourth-order valence-electron chi connectivity index (χ4n) is 1.76. The maximum atomic E-state index is 12.4. The van der Waals surface area contributed by atoms with Gasteiger partial charge in [0.2, 0.25) is 10.0 Å². The molecule has 1 rings (SSSR count). The number of benzene rings is 1. The van der Waals surface area contributed by atoms with Crippen LogP contribution in [-0.2, 0) is 10.0 Å². The van der Waals surface area contributed by atoms with Gasteiger partial charge in [-0.15, -0.1) is 0 Å². The van der Waals surface area contributed by atoms with Gasteiger partial charge in [0.15, 0.2) is 0 Å². The molecule has 18 heavy (non-hydrogen) atoms. The van der Waals surface area contributed by atoms with E-state index in [2.05, 4.69) is 0 Å². The topological polar surface area (TPSA) is 63.4 Å². The van der Waals surface area contributed by atoms with Crippen LogP contribution in [0.5, 0.6) is 0 Å². The van der Waals surface area contributed by atoms with Crippen LogP contribution in [0.25, 0.3) is 0 Å². The monoisotopic (exact) mass is 286 g/mol. The van der Waals surface area contributed by atoms with Crippen LogP contribution in [0.15, 0.2) is 29.2 Å². The first-order valence-electron chi connectivity index (χ1n) is 5.72. The summed E-state index contributed by atoms with van der Waals surface area (Å²) in [5, 5.41) is 0. The fraction of sp³-hybridized carbons (Fsp3) is 0.417. The van der Waals surface area contributed by atoms with Crippen LogP contribution < -0.4 is 5.73 Å². The Morgan fingerprint density at radius 1 is 1.44 bits per heavy atom. The summed E-state index contributed by atoms with van der Waals surface area (Å²) >= 11 is 4.86. The second-order valence-electron chi connectivity index (χ2n) is 4.19. The minimum atomic E-state index is -3.49. The first kappa shape index (κ1) is 15.1. The highest BCUT2D eigenvalue weighted by Crippen LogP contribution is 2.19. The molecule has 0 spiro atoms. The van der Waals surface area contributed by atoms with Crippen molar-refractivity contribution in [1.29, 1.82) is 0 Å². The van der Waals surface area contributed by atoms with Gasteiger partial charge in [-0.25, -0.2) is 8.42 Å². The molecule has 0 saturated carbocycles. The third-order valence-corrected chi connectivity index (χ3v) is 5.00. The van der Waals surface area contributed by atoms with E-state index in [1.165, 1.54) is 10.4 Å². The van der Waals surface area contributed by atoms with E-state index in [0.29, 0.717) is 12.1 Å². The van der Waals surface area contributed by atoms with Gasteiger partial charge >= 0.3 is 0 Å². The van der Waals surface area contributed by atoms with E-state index in [1.807, 2.05) is 20.8 Å². The predicted octanol–water partition coefficient (Wildman–Crippen LogP) is 1.74. The van der Waals surface area contributed by atoms with E-state index >= 15 is 0 Å². The normalized spacial score (nSPS) is 12.1. The van der Waals surface area contributed by atoms with E-state index in [4.69, 9.17) is 18.0 Å². The van der Waals surface area contributed by atoms with Crippen LogP contribution in [0.4, 0.5) is 0 Å². The van der Waals surface area contributed by atoms with E-state index in [-0.39, 0.29) is 15.9 Å².